The number of benzene rings is 1. The minimum atomic E-state index is -0.0689. The van der Waals surface area contributed by atoms with Crippen molar-refractivity contribution in [2.24, 2.45) is 5.92 Å². The molecule has 0 bridgehead atoms. The van der Waals surface area contributed by atoms with Gasteiger partial charge in [0.15, 0.2) is 0 Å². The van der Waals surface area contributed by atoms with Crippen LogP contribution in [0.25, 0.3) is 0 Å². The van der Waals surface area contributed by atoms with Gasteiger partial charge in [-0.2, -0.15) is 0 Å². The average Bonchev–Trinajstić information content (AvgIpc) is 3.03. The first kappa shape index (κ1) is 16.1. The quantitative estimate of drug-likeness (QED) is 0.763. The number of aryl methyl sites for hydroxylation is 1. The summed E-state index contributed by atoms with van der Waals surface area (Å²) in [6.45, 7) is 6.32. The number of amides is 1. The highest BCUT2D eigenvalue weighted by atomic mass is 16.5. The Hall–Kier alpha value is -2.30. The number of hydrogen-bond donors (Lipinski definition) is 1. The van der Waals surface area contributed by atoms with Crippen molar-refractivity contribution >= 4 is 5.91 Å². The smallest absolute Gasteiger partial charge is 0.251 e. The third-order valence-electron chi connectivity index (χ3n) is 3.12. The van der Waals surface area contributed by atoms with Crippen LogP contribution in [-0.4, -0.2) is 28.6 Å². The van der Waals surface area contributed by atoms with Crippen molar-refractivity contribution in [1.29, 1.82) is 0 Å². The maximum Gasteiger partial charge on any atom is 0.251 e. The van der Waals surface area contributed by atoms with E-state index in [0.29, 0.717) is 24.6 Å². The third-order valence-corrected chi connectivity index (χ3v) is 3.12. The molecule has 5 nitrogen and oxygen atoms in total. The fourth-order valence-electron chi connectivity index (χ4n) is 1.97. The highest BCUT2D eigenvalue weighted by Gasteiger charge is 2.06. The predicted molar refractivity (Wildman–Crippen MR) is 86.0 cm³/mol. The van der Waals surface area contributed by atoms with Gasteiger partial charge in [0.1, 0.15) is 5.75 Å². The van der Waals surface area contributed by atoms with Gasteiger partial charge in [0, 0.05) is 31.0 Å². The van der Waals surface area contributed by atoms with Crippen LogP contribution in [0.5, 0.6) is 5.75 Å². The second-order valence-electron chi connectivity index (χ2n) is 5.64. The summed E-state index contributed by atoms with van der Waals surface area (Å²) in [6, 6.07) is 7.30. The maximum atomic E-state index is 12.1. The summed E-state index contributed by atoms with van der Waals surface area (Å²) in [5, 5.41) is 2.93. The average molecular weight is 301 g/mol. The molecular formula is C17H23N3O2. The van der Waals surface area contributed by atoms with E-state index in [4.69, 9.17) is 4.74 Å². The molecule has 0 aliphatic rings. The van der Waals surface area contributed by atoms with Gasteiger partial charge >= 0.3 is 0 Å². The number of aromatic nitrogens is 2. The highest BCUT2D eigenvalue weighted by Crippen LogP contribution is 2.14. The van der Waals surface area contributed by atoms with Crippen LogP contribution in [0, 0.1) is 5.92 Å². The summed E-state index contributed by atoms with van der Waals surface area (Å²) in [7, 11) is 0. The Kier molecular flexibility index (Phi) is 6.01. The molecule has 0 saturated heterocycles. The third kappa shape index (κ3) is 5.24. The Morgan fingerprint density at radius 2 is 2.27 bits per heavy atom. The molecule has 118 valence electrons. The number of nitrogens with zero attached hydrogens (tertiary/aromatic N) is 2. The van der Waals surface area contributed by atoms with Gasteiger partial charge in [-0.1, -0.05) is 19.9 Å². The van der Waals surface area contributed by atoms with Gasteiger partial charge in [-0.25, -0.2) is 4.98 Å². The van der Waals surface area contributed by atoms with E-state index in [1.54, 1.807) is 24.7 Å². The van der Waals surface area contributed by atoms with Gasteiger partial charge in [-0.15, -0.1) is 0 Å². The molecule has 0 aliphatic heterocycles. The summed E-state index contributed by atoms with van der Waals surface area (Å²) in [5.74, 6) is 1.13. The minimum Gasteiger partial charge on any atom is -0.493 e. The summed E-state index contributed by atoms with van der Waals surface area (Å²) >= 11 is 0. The van der Waals surface area contributed by atoms with E-state index in [-0.39, 0.29) is 5.91 Å². The van der Waals surface area contributed by atoms with Crippen molar-refractivity contribution in [2.45, 2.75) is 26.8 Å². The van der Waals surface area contributed by atoms with Crippen molar-refractivity contribution in [1.82, 2.24) is 14.9 Å². The summed E-state index contributed by atoms with van der Waals surface area (Å²) in [5.41, 5.74) is 0.629. The normalized spacial score (nSPS) is 10.7. The molecule has 0 spiro atoms. The van der Waals surface area contributed by atoms with Crippen LogP contribution in [0.3, 0.4) is 0 Å². The fourth-order valence-corrected chi connectivity index (χ4v) is 1.97. The number of ether oxygens (including phenoxy) is 1. The number of imidazole rings is 1. The lowest BCUT2D eigenvalue weighted by molar-refractivity contribution is 0.0952. The SMILES string of the molecule is CC(C)COc1cccc(C(=O)NCCCn2ccnc2)c1. The standard InChI is InChI=1S/C17H23N3O2/c1-14(2)12-22-16-6-3-5-15(11-16)17(21)19-7-4-9-20-10-8-18-13-20/h3,5-6,8,10-11,13-14H,4,7,9,12H2,1-2H3,(H,19,21). The van der Waals surface area contributed by atoms with Crippen LogP contribution in [0.4, 0.5) is 0 Å². The summed E-state index contributed by atoms with van der Waals surface area (Å²) in [4.78, 5) is 16.1. The summed E-state index contributed by atoms with van der Waals surface area (Å²) in [6.07, 6.45) is 6.31. The minimum absolute atomic E-state index is 0.0689. The number of rotatable bonds is 8. The lowest BCUT2D eigenvalue weighted by Gasteiger charge is -2.10. The van der Waals surface area contributed by atoms with E-state index in [1.165, 1.54) is 0 Å². The van der Waals surface area contributed by atoms with E-state index in [9.17, 15) is 4.79 Å². The van der Waals surface area contributed by atoms with Crippen LogP contribution < -0.4 is 10.1 Å². The van der Waals surface area contributed by atoms with Gasteiger partial charge in [0.2, 0.25) is 0 Å². The van der Waals surface area contributed by atoms with Gasteiger partial charge in [-0.3, -0.25) is 4.79 Å². The first-order valence-corrected chi connectivity index (χ1v) is 7.62. The van der Waals surface area contributed by atoms with E-state index in [0.717, 1.165) is 18.7 Å². The Morgan fingerprint density at radius 1 is 1.41 bits per heavy atom. The van der Waals surface area contributed by atoms with E-state index >= 15 is 0 Å². The van der Waals surface area contributed by atoms with Crippen LogP contribution in [0.1, 0.15) is 30.6 Å². The maximum absolute atomic E-state index is 12.1. The van der Waals surface area contributed by atoms with E-state index in [1.807, 2.05) is 22.9 Å². The molecule has 1 aromatic heterocycles. The van der Waals surface area contributed by atoms with Crippen molar-refractivity contribution in [2.75, 3.05) is 13.2 Å². The van der Waals surface area contributed by atoms with Crippen molar-refractivity contribution in [3.63, 3.8) is 0 Å². The Morgan fingerprint density at radius 3 is 3.00 bits per heavy atom. The molecule has 1 heterocycles. The predicted octanol–water partition coefficient (Wildman–Crippen LogP) is 2.74. The summed E-state index contributed by atoms with van der Waals surface area (Å²) < 4.78 is 7.64. The molecule has 1 N–H and O–H groups in total. The van der Waals surface area contributed by atoms with E-state index in [2.05, 4.69) is 24.1 Å². The topological polar surface area (TPSA) is 56.1 Å². The first-order chi connectivity index (χ1) is 10.6. The molecule has 0 atom stereocenters. The molecule has 1 amide bonds. The van der Waals surface area contributed by atoms with Gasteiger partial charge < -0.3 is 14.6 Å². The number of nitrogens with one attached hydrogen (secondary N) is 1. The van der Waals surface area contributed by atoms with Gasteiger partial charge in [-0.05, 0) is 30.5 Å². The number of carbonyl (C=O) groups is 1. The van der Waals surface area contributed by atoms with Crippen LogP contribution >= 0.6 is 0 Å². The molecule has 5 heteroatoms. The van der Waals surface area contributed by atoms with Crippen LogP contribution in [0.2, 0.25) is 0 Å². The largest absolute Gasteiger partial charge is 0.493 e. The Labute approximate surface area is 131 Å². The molecule has 0 radical (unpaired) electrons. The lowest BCUT2D eigenvalue weighted by Crippen LogP contribution is -2.25. The zero-order valence-corrected chi connectivity index (χ0v) is 13.2. The Balaban J connectivity index is 1.77. The van der Waals surface area contributed by atoms with Crippen LogP contribution in [0.15, 0.2) is 43.0 Å². The van der Waals surface area contributed by atoms with Crippen molar-refractivity contribution in [3.05, 3.63) is 48.5 Å². The van der Waals surface area contributed by atoms with Crippen molar-refractivity contribution < 1.29 is 9.53 Å². The molecule has 2 rings (SSSR count). The first-order valence-electron chi connectivity index (χ1n) is 7.62. The lowest BCUT2D eigenvalue weighted by atomic mass is 10.2. The molecule has 0 fully saturated rings. The number of carbonyl (C=O) groups excluding carboxylic acids is 1. The second kappa shape index (κ2) is 8.22. The fraction of sp³-hybridized carbons (Fsp3) is 0.412. The molecule has 0 saturated carbocycles. The monoisotopic (exact) mass is 301 g/mol. The molecule has 0 unspecified atom stereocenters. The van der Waals surface area contributed by atoms with Gasteiger partial charge in [0.25, 0.3) is 5.91 Å². The Bertz CT molecular complexity index is 579. The highest BCUT2D eigenvalue weighted by molar-refractivity contribution is 5.94. The van der Waals surface area contributed by atoms with Gasteiger partial charge in [0.05, 0.1) is 12.9 Å². The molecule has 1 aromatic carbocycles. The molecule has 0 aliphatic carbocycles. The molecule has 2 aromatic rings. The van der Waals surface area contributed by atoms with Crippen molar-refractivity contribution in [3.8, 4) is 5.75 Å². The second-order valence-corrected chi connectivity index (χ2v) is 5.64. The number of hydrogen-bond acceptors (Lipinski definition) is 3. The van der Waals surface area contributed by atoms with Crippen LogP contribution in [-0.2, 0) is 6.54 Å². The molecule has 22 heavy (non-hydrogen) atoms. The van der Waals surface area contributed by atoms with E-state index < -0.39 is 0 Å². The zero-order chi connectivity index (χ0) is 15.8. The zero-order valence-electron chi connectivity index (χ0n) is 13.2. The molecular weight excluding hydrogens is 278 g/mol.